The molecule has 0 bridgehead atoms. The van der Waals surface area contributed by atoms with Gasteiger partial charge in [-0.2, -0.15) is 0 Å². The molecular formula is C14H23N3O. The first-order valence-electron chi connectivity index (χ1n) is 6.90. The second-order valence-corrected chi connectivity index (χ2v) is 4.64. The van der Waals surface area contributed by atoms with Gasteiger partial charge in [0, 0.05) is 25.3 Å². The van der Waals surface area contributed by atoms with Crippen LogP contribution in [-0.4, -0.2) is 42.2 Å². The first kappa shape index (κ1) is 13.1. The Balaban J connectivity index is 1.93. The van der Waals surface area contributed by atoms with Gasteiger partial charge in [0.1, 0.15) is 0 Å². The van der Waals surface area contributed by atoms with Gasteiger partial charge in [0.25, 0.3) is 0 Å². The molecule has 1 aromatic heterocycles. The highest BCUT2D eigenvalue weighted by molar-refractivity contribution is 5.52. The number of anilines is 1. The lowest BCUT2D eigenvalue weighted by Gasteiger charge is -2.32. The van der Waals surface area contributed by atoms with Crippen LogP contribution in [0.15, 0.2) is 18.3 Å². The van der Waals surface area contributed by atoms with E-state index in [4.69, 9.17) is 4.74 Å². The van der Waals surface area contributed by atoms with Crippen molar-refractivity contribution >= 4 is 5.69 Å². The minimum Gasteiger partial charge on any atom is -0.476 e. The van der Waals surface area contributed by atoms with Crippen molar-refractivity contribution < 1.29 is 4.74 Å². The van der Waals surface area contributed by atoms with Gasteiger partial charge >= 0.3 is 0 Å². The van der Waals surface area contributed by atoms with Crippen molar-refractivity contribution in [2.24, 2.45) is 0 Å². The number of aromatic nitrogens is 1. The fraction of sp³-hybridized carbons (Fsp3) is 0.643. The lowest BCUT2D eigenvalue weighted by atomic mass is 10.0. The third-order valence-corrected chi connectivity index (χ3v) is 3.45. The number of nitrogens with one attached hydrogen (secondary N) is 1. The second-order valence-electron chi connectivity index (χ2n) is 4.64. The van der Waals surface area contributed by atoms with E-state index in [9.17, 15) is 0 Å². The molecule has 0 unspecified atom stereocenters. The van der Waals surface area contributed by atoms with Crippen LogP contribution in [0.3, 0.4) is 0 Å². The summed E-state index contributed by atoms with van der Waals surface area (Å²) in [5.74, 6) is 0.720. The van der Waals surface area contributed by atoms with E-state index in [-0.39, 0.29) is 0 Å². The Morgan fingerprint density at radius 3 is 2.83 bits per heavy atom. The molecule has 4 nitrogen and oxygen atoms in total. The van der Waals surface area contributed by atoms with Crippen LogP contribution in [0.1, 0.15) is 26.7 Å². The minimum absolute atomic E-state index is 0.538. The number of rotatable bonds is 5. The highest BCUT2D eigenvalue weighted by Gasteiger charge is 2.18. The number of piperidine rings is 1. The maximum Gasteiger partial charge on any atom is 0.237 e. The maximum atomic E-state index is 5.54. The Morgan fingerprint density at radius 2 is 2.17 bits per heavy atom. The fourth-order valence-electron chi connectivity index (χ4n) is 2.37. The van der Waals surface area contributed by atoms with Crippen LogP contribution >= 0.6 is 0 Å². The van der Waals surface area contributed by atoms with Crippen molar-refractivity contribution in [1.29, 1.82) is 0 Å². The van der Waals surface area contributed by atoms with Crippen molar-refractivity contribution in [3.05, 3.63) is 18.3 Å². The van der Waals surface area contributed by atoms with E-state index in [1.54, 1.807) is 6.20 Å². The molecule has 0 atom stereocenters. The monoisotopic (exact) mass is 249 g/mol. The van der Waals surface area contributed by atoms with Gasteiger partial charge in [0.05, 0.1) is 12.3 Å². The topological polar surface area (TPSA) is 37.4 Å². The third-order valence-electron chi connectivity index (χ3n) is 3.45. The van der Waals surface area contributed by atoms with Gasteiger partial charge in [-0.1, -0.05) is 6.92 Å². The Hall–Kier alpha value is -1.29. The van der Waals surface area contributed by atoms with E-state index < -0.39 is 0 Å². The van der Waals surface area contributed by atoms with Gasteiger partial charge in [0.15, 0.2) is 0 Å². The second kappa shape index (κ2) is 6.59. The van der Waals surface area contributed by atoms with Crippen molar-refractivity contribution in [2.45, 2.75) is 32.7 Å². The van der Waals surface area contributed by atoms with Crippen LogP contribution in [0.4, 0.5) is 5.69 Å². The standard InChI is InChI=1S/C14H23N3O/c1-3-17-10-7-12(8-11-17)16-13-6-5-9-15-14(13)18-4-2/h5-6,9,12,16H,3-4,7-8,10-11H2,1-2H3. The molecule has 1 saturated heterocycles. The predicted molar refractivity (Wildman–Crippen MR) is 74.2 cm³/mol. The molecule has 100 valence electrons. The first-order chi connectivity index (χ1) is 8.83. The van der Waals surface area contributed by atoms with E-state index in [0.29, 0.717) is 12.6 Å². The molecule has 2 rings (SSSR count). The van der Waals surface area contributed by atoms with Crippen molar-refractivity contribution in [1.82, 2.24) is 9.88 Å². The number of pyridine rings is 1. The summed E-state index contributed by atoms with van der Waals surface area (Å²) in [5, 5.41) is 3.56. The zero-order valence-electron chi connectivity index (χ0n) is 11.4. The summed E-state index contributed by atoms with van der Waals surface area (Å²) < 4.78 is 5.54. The van der Waals surface area contributed by atoms with Crippen LogP contribution in [0.25, 0.3) is 0 Å². The Labute approximate surface area is 109 Å². The molecule has 18 heavy (non-hydrogen) atoms. The van der Waals surface area contributed by atoms with Crippen LogP contribution < -0.4 is 10.1 Å². The van der Waals surface area contributed by atoms with Crippen molar-refractivity contribution in [3.63, 3.8) is 0 Å². The van der Waals surface area contributed by atoms with Crippen LogP contribution in [0.5, 0.6) is 5.88 Å². The molecule has 0 amide bonds. The zero-order valence-corrected chi connectivity index (χ0v) is 11.4. The molecule has 0 saturated carbocycles. The average Bonchev–Trinajstić information content (AvgIpc) is 2.42. The van der Waals surface area contributed by atoms with Gasteiger partial charge in [-0.25, -0.2) is 4.98 Å². The summed E-state index contributed by atoms with van der Waals surface area (Å²) in [6.07, 6.45) is 4.15. The molecule has 4 heteroatoms. The Bertz CT molecular complexity index is 362. The van der Waals surface area contributed by atoms with Crippen LogP contribution in [0.2, 0.25) is 0 Å². The van der Waals surface area contributed by atoms with E-state index in [2.05, 4.69) is 22.1 Å². The average molecular weight is 249 g/mol. The predicted octanol–water partition coefficient (Wildman–Crippen LogP) is 2.38. The molecule has 0 aliphatic carbocycles. The maximum absolute atomic E-state index is 5.54. The van der Waals surface area contributed by atoms with E-state index in [1.165, 1.54) is 25.9 Å². The first-order valence-corrected chi connectivity index (χ1v) is 6.90. The highest BCUT2D eigenvalue weighted by atomic mass is 16.5. The number of ether oxygens (including phenoxy) is 1. The fourth-order valence-corrected chi connectivity index (χ4v) is 2.37. The summed E-state index contributed by atoms with van der Waals surface area (Å²) in [5.41, 5.74) is 1.02. The molecule has 1 fully saturated rings. The Morgan fingerprint density at radius 1 is 1.39 bits per heavy atom. The largest absolute Gasteiger partial charge is 0.476 e. The third kappa shape index (κ3) is 3.35. The Kier molecular flexibility index (Phi) is 4.81. The number of nitrogens with zero attached hydrogens (tertiary/aromatic N) is 2. The summed E-state index contributed by atoms with van der Waals surface area (Å²) >= 11 is 0. The van der Waals surface area contributed by atoms with Crippen molar-refractivity contribution in [2.75, 3.05) is 31.6 Å². The van der Waals surface area contributed by atoms with E-state index in [0.717, 1.165) is 18.1 Å². The van der Waals surface area contributed by atoms with Gasteiger partial charge in [-0.15, -0.1) is 0 Å². The molecule has 0 radical (unpaired) electrons. The molecule has 1 aliphatic heterocycles. The lowest BCUT2D eigenvalue weighted by molar-refractivity contribution is 0.229. The SMILES string of the molecule is CCOc1ncccc1NC1CCN(CC)CC1. The van der Waals surface area contributed by atoms with Gasteiger partial charge in [0.2, 0.25) is 5.88 Å². The number of hydrogen-bond acceptors (Lipinski definition) is 4. The minimum atomic E-state index is 0.538. The summed E-state index contributed by atoms with van der Waals surface area (Å²) in [4.78, 5) is 6.76. The summed E-state index contributed by atoms with van der Waals surface area (Å²) in [7, 11) is 0. The van der Waals surface area contributed by atoms with E-state index in [1.807, 2.05) is 19.1 Å². The molecule has 2 heterocycles. The highest BCUT2D eigenvalue weighted by Crippen LogP contribution is 2.24. The smallest absolute Gasteiger partial charge is 0.237 e. The number of likely N-dealkylation sites (tertiary alicyclic amines) is 1. The molecule has 1 aliphatic rings. The van der Waals surface area contributed by atoms with Gasteiger partial charge < -0.3 is 15.0 Å². The van der Waals surface area contributed by atoms with Crippen LogP contribution in [0, 0.1) is 0 Å². The molecule has 1 aromatic rings. The lowest BCUT2D eigenvalue weighted by Crippen LogP contribution is -2.38. The normalized spacial score (nSPS) is 17.7. The van der Waals surface area contributed by atoms with Crippen LogP contribution in [-0.2, 0) is 0 Å². The van der Waals surface area contributed by atoms with Gasteiger partial charge in [-0.3, -0.25) is 0 Å². The molecule has 0 spiro atoms. The van der Waals surface area contributed by atoms with E-state index >= 15 is 0 Å². The van der Waals surface area contributed by atoms with Crippen molar-refractivity contribution in [3.8, 4) is 5.88 Å². The molecule has 1 N–H and O–H groups in total. The summed E-state index contributed by atoms with van der Waals surface area (Å²) in [6, 6.07) is 4.53. The molecular weight excluding hydrogens is 226 g/mol. The number of hydrogen-bond donors (Lipinski definition) is 1. The van der Waals surface area contributed by atoms with Gasteiger partial charge in [-0.05, 0) is 38.4 Å². The molecule has 0 aromatic carbocycles. The zero-order chi connectivity index (χ0) is 12.8. The summed E-state index contributed by atoms with van der Waals surface area (Å²) in [6.45, 7) is 8.38. The quantitative estimate of drug-likeness (QED) is 0.869.